The van der Waals surface area contributed by atoms with Crippen molar-refractivity contribution in [3.63, 3.8) is 0 Å². The first-order valence-electron chi connectivity index (χ1n) is 7.37. The minimum absolute atomic E-state index is 0.0178. The van der Waals surface area contributed by atoms with Gasteiger partial charge in [-0.3, -0.25) is 25.8 Å². The fourth-order valence-corrected chi connectivity index (χ4v) is 2.32. The topological polar surface area (TPSA) is 70.2 Å². The Hall–Kier alpha value is -2.70. The van der Waals surface area contributed by atoms with Crippen LogP contribution >= 0.6 is 23.8 Å². The zero-order valence-electron chi connectivity index (χ0n) is 13.4. The fourth-order valence-electron chi connectivity index (χ4n) is 1.97. The summed E-state index contributed by atoms with van der Waals surface area (Å²) in [6.45, 7) is 1.83. The van der Waals surface area contributed by atoms with Crippen LogP contribution in [0.5, 0.6) is 0 Å². The smallest absolute Gasteiger partial charge is 0.269 e. The van der Waals surface area contributed by atoms with Crippen LogP contribution in [0.25, 0.3) is 6.08 Å². The molecule has 2 aromatic carbocycles. The van der Waals surface area contributed by atoms with Crippen molar-refractivity contribution < 1.29 is 9.59 Å². The Kier molecular flexibility index (Phi) is 6.68. The standard InChI is InChI=1S/C18H16ClN3O2S/c1-12-6-2-4-8-14(12)17(24)21-22-18(25)20-16(23)11-10-13-7-3-5-9-15(13)19/h2-11H,1H3,(H,21,24)(H2,20,22,23,25). The third-order valence-corrected chi connectivity index (χ3v) is 3.78. The molecular weight excluding hydrogens is 358 g/mol. The van der Waals surface area contributed by atoms with E-state index in [9.17, 15) is 9.59 Å². The predicted molar refractivity (Wildman–Crippen MR) is 103 cm³/mol. The SMILES string of the molecule is Cc1ccccc1C(=O)NNC(=S)NC(=O)C=Cc1ccccc1Cl. The van der Waals surface area contributed by atoms with Gasteiger partial charge >= 0.3 is 0 Å². The van der Waals surface area contributed by atoms with E-state index >= 15 is 0 Å². The van der Waals surface area contributed by atoms with Crippen molar-refractivity contribution in [2.45, 2.75) is 6.92 Å². The molecule has 0 fully saturated rings. The first kappa shape index (κ1) is 18.6. The molecule has 2 rings (SSSR count). The number of thiocarbonyl (C=S) groups is 1. The van der Waals surface area contributed by atoms with Crippen molar-refractivity contribution in [3.8, 4) is 0 Å². The molecule has 0 bridgehead atoms. The number of hydrogen-bond donors (Lipinski definition) is 3. The zero-order chi connectivity index (χ0) is 18.2. The number of amides is 2. The normalized spacial score (nSPS) is 10.3. The van der Waals surface area contributed by atoms with Crippen LogP contribution in [0.3, 0.4) is 0 Å². The Morgan fingerprint density at radius 3 is 2.44 bits per heavy atom. The molecule has 2 amide bonds. The van der Waals surface area contributed by atoms with Gasteiger partial charge in [0.05, 0.1) is 0 Å². The van der Waals surface area contributed by atoms with Crippen LogP contribution < -0.4 is 16.2 Å². The second kappa shape index (κ2) is 8.96. The van der Waals surface area contributed by atoms with E-state index in [0.717, 1.165) is 5.56 Å². The minimum atomic E-state index is -0.442. The van der Waals surface area contributed by atoms with Gasteiger partial charge in [0.2, 0.25) is 5.91 Å². The van der Waals surface area contributed by atoms with Gasteiger partial charge in [0.15, 0.2) is 5.11 Å². The summed E-state index contributed by atoms with van der Waals surface area (Å²) in [5.41, 5.74) is 6.99. The lowest BCUT2D eigenvalue weighted by molar-refractivity contribution is -0.115. The molecule has 3 N–H and O–H groups in total. The first-order chi connectivity index (χ1) is 12.0. The number of hydrazine groups is 1. The average Bonchev–Trinajstić information content (AvgIpc) is 2.59. The van der Waals surface area contributed by atoms with Crippen molar-refractivity contribution in [2.24, 2.45) is 0 Å². The van der Waals surface area contributed by atoms with Crippen LogP contribution in [-0.4, -0.2) is 16.9 Å². The molecular formula is C18H16ClN3O2S. The largest absolute Gasteiger partial charge is 0.298 e. The van der Waals surface area contributed by atoms with E-state index in [2.05, 4.69) is 16.2 Å². The van der Waals surface area contributed by atoms with Gasteiger partial charge in [-0.15, -0.1) is 0 Å². The molecule has 0 radical (unpaired) electrons. The van der Waals surface area contributed by atoms with E-state index in [4.69, 9.17) is 23.8 Å². The van der Waals surface area contributed by atoms with E-state index in [1.54, 1.807) is 36.4 Å². The van der Waals surface area contributed by atoms with Gasteiger partial charge in [-0.25, -0.2) is 0 Å². The number of nitrogens with one attached hydrogen (secondary N) is 3. The van der Waals surface area contributed by atoms with Crippen molar-refractivity contribution in [1.29, 1.82) is 0 Å². The third kappa shape index (κ3) is 5.70. The van der Waals surface area contributed by atoms with Crippen LogP contribution in [0.1, 0.15) is 21.5 Å². The Bertz CT molecular complexity index is 837. The number of carbonyl (C=O) groups excluding carboxylic acids is 2. The van der Waals surface area contributed by atoms with Gasteiger partial charge in [-0.1, -0.05) is 48.0 Å². The summed E-state index contributed by atoms with van der Waals surface area (Å²) in [6.07, 6.45) is 2.88. The molecule has 2 aromatic rings. The number of benzene rings is 2. The van der Waals surface area contributed by atoms with Crippen LogP contribution in [0, 0.1) is 6.92 Å². The zero-order valence-corrected chi connectivity index (χ0v) is 14.9. The van der Waals surface area contributed by atoms with E-state index in [1.165, 1.54) is 6.08 Å². The van der Waals surface area contributed by atoms with Crippen LogP contribution in [0.2, 0.25) is 5.02 Å². The molecule has 5 nitrogen and oxygen atoms in total. The highest BCUT2D eigenvalue weighted by molar-refractivity contribution is 7.80. The molecule has 0 saturated carbocycles. The molecule has 25 heavy (non-hydrogen) atoms. The molecule has 0 aliphatic heterocycles. The highest BCUT2D eigenvalue weighted by atomic mass is 35.5. The second-order valence-corrected chi connectivity index (χ2v) is 5.88. The van der Waals surface area contributed by atoms with E-state index in [-0.39, 0.29) is 11.0 Å². The summed E-state index contributed by atoms with van der Waals surface area (Å²) in [5.74, 6) is -0.788. The maximum atomic E-state index is 12.0. The Morgan fingerprint density at radius 2 is 1.72 bits per heavy atom. The maximum Gasteiger partial charge on any atom is 0.269 e. The van der Waals surface area contributed by atoms with Crippen LogP contribution in [0.4, 0.5) is 0 Å². The van der Waals surface area contributed by atoms with Crippen molar-refractivity contribution in [2.75, 3.05) is 0 Å². The molecule has 0 spiro atoms. The molecule has 0 aliphatic carbocycles. The van der Waals surface area contributed by atoms with E-state index in [0.29, 0.717) is 16.1 Å². The number of halogens is 1. The number of hydrogen-bond acceptors (Lipinski definition) is 3. The van der Waals surface area contributed by atoms with Crippen molar-refractivity contribution >= 4 is 46.8 Å². The van der Waals surface area contributed by atoms with Crippen molar-refractivity contribution in [3.05, 3.63) is 76.3 Å². The number of aryl methyl sites for hydroxylation is 1. The summed E-state index contributed by atoms with van der Waals surface area (Å²) in [6, 6.07) is 14.3. The lowest BCUT2D eigenvalue weighted by Gasteiger charge is -2.10. The number of rotatable bonds is 3. The Morgan fingerprint density at radius 1 is 1.04 bits per heavy atom. The van der Waals surface area contributed by atoms with Gasteiger partial charge < -0.3 is 0 Å². The summed E-state index contributed by atoms with van der Waals surface area (Å²) in [5, 5.41) is 2.95. The average molecular weight is 374 g/mol. The van der Waals surface area contributed by atoms with Crippen LogP contribution in [-0.2, 0) is 4.79 Å². The lowest BCUT2D eigenvalue weighted by atomic mass is 10.1. The lowest BCUT2D eigenvalue weighted by Crippen LogP contribution is -2.48. The monoisotopic (exact) mass is 373 g/mol. The van der Waals surface area contributed by atoms with Crippen LogP contribution in [0.15, 0.2) is 54.6 Å². The molecule has 0 aromatic heterocycles. The predicted octanol–water partition coefficient (Wildman–Crippen LogP) is 3.00. The van der Waals surface area contributed by atoms with E-state index in [1.807, 2.05) is 25.1 Å². The molecule has 0 heterocycles. The molecule has 0 aliphatic rings. The van der Waals surface area contributed by atoms with Gasteiger partial charge in [-0.05, 0) is 48.5 Å². The maximum absolute atomic E-state index is 12.0. The van der Waals surface area contributed by atoms with Gasteiger partial charge in [0, 0.05) is 16.7 Å². The molecule has 128 valence electrons. The van der Waals surface area contributed by atoms with E-state index < -0.39 is 5.91 Å². The molecule has 7 heteroatoms. The summed E-state index contributed by atoms with van der Waals surface area (Å²) in [7, 11) is 0. The summed E-state index contributed by atoms with van der Waals surface area (Å²) < 4.78 is 0. The minimum Gasteiger partial charge on any atom is -0.298 e. The quantitative estimate of drug-likeness (QED) is 0.439. The van der Waals surface area contributed by atoms with Gasteiger partial charge in [0.1, 0.15) is 0 Å². The fraction of sp³-hybridized carbons (Fsp3) is 0.0556. The first-order valence-corrected chi connectivity index (χ1v) is 8.15. The van der Waals surface area contributed by atoms with Gasteiger partial charge in [-0.2, -0.15) is 0 Å². The summed E-state index contributed by atoms with van der Waals surface area (Å²) in [4.78, 5) is 23.9. The Balaban J connectivity index is 1.84. The molecule has 0 atom stereocenters. The Labute approximate surface area is 156 Å². The molecule has 0 unspecified atom stereocenters. The second-order valence-electron chi connectivity index (χ2n) is 5.07. The number of carbonyl (C=O) groups is 2. The summed E-state index contributed by atoms with van der Waals surface area (Å²) >= 11 is 11.0. The van der Waals surface area contributed by atoms with Gasteiger partial charge in [0.25, 0.3) is 5.91 Å². The highest BCUT2D eigenvalue weighted by Crippen LogP contribution is 2.15. The highest BCUT2D eigenvalue weighted by Gasteiger charge is 2.08. The van der Waals surface area contributed by atoms with Crippen molar-refractivity contribution in [1.82, 2.24) is 16.2 Å². The molecule has 0 saturated heterocycles. The third-order valence-electron chi connectivity index (χ3n) is 3.24.